The highest BCUT2D eigenvalue weighted by Crippen LogP contribution is 2.20. The van der Waals surface area contributed by atoms with Crippen molar-refractivity contribution in [3.63, 3.8) is 0 Å². The average Bonchev–Trinajstić information content (AvgIpc) is 2.96. The largest absolute Gasteiger partial charge is 0.313 e. The van der Waals surface area contributed by atoms with Crippen molar-refractivity contribution in [1.82, 2.24) is 19.9 Å². The molecule has 0 spiro atoms. The lowest BCUT2D eigenvalue weighted by atomic mass is 10.3. The number of hydrogen-bond acceptors (Lipinski definition) is 4. The van der Waals surface area contributed by atoms with Crippen LogP contribution >= 0.6 is 11.8 Å². The van der Waals surface area contributed by atoms with Crippen molar-refractivity contribution in [3.8, 4) is 0 Å². The van der Waals surface area contributed by atoms with E-state index < -0.39 is 0 Å². The zero-order chi connectivity index (χ0) is 10.8. The van der Waals surface area contributed by atoms with Gasteiger partial charge in [0.25, 0.3) is 0 Å². The van der Waals surface area contributed by atoms with E-state index in [0.29, 0.717) is 6.04 Å². The Labute approximate surface area is 98.4 Å². The van der Waals surface area contributed by atoms with Crippen molar-refractivity contribution < 1.29 is 0 Å². The molecule has 3 heterocycles. The van der Waals surface area contributed by atoms with Crippen LogP contribution in [0.4, 0.5) is 0 Å². The number of pyridine rings is 1. The molecule has 84 valence electrons. The number of nitrogens with zero attached hydrogens (tertiary/aromatic N) is 3. The molecule has 1 aliphatic heterocycles. The SMILES string of the molecule is c1ccn2c(SC[C@H]3CCCN3)nnc2c1. The third kappa shape index (κ3) is 1.92. The fraction of sp³-hybridized carbons (Fsp3) is 0.455. The monoisotopic (exact) mass is 234 g/mol. The third-order valence-electron chi connectivity index (χ3n) is 2.86. The van der Waals surface area contributed by atoms with Gasteiger partial charge in [0.15, 0.2) is 10.8 Å². The molecule has 1 atom stereocenters. The first-order chi connectivity index (χ1) is 7.93. The first kappa shape index (κ1) is 10.1. The Bertz CT molecular complexity index is 476. The Hall–Kier alpha value is -1.07. The van der Waals surface area contributed by atoms with Crippen molar-refractivity contribution in [2.75, 3.05) is 12.3 Å². The second kappa shape index (κ2) is 4.43. The summed E-state index contributed by atoms with van der Waals surface area (Å²) in [5.41, 5.74) is 0.921. The predicted octanol–water partition coefficient (Wildman–Crippen LogP) is 1.57. The Morgan fingerprint density at radius 3 is 3.31 bits per heavy atom. The van der Waals surface area contributed by atoms with Crippen LogP contribution in [0.25, 0.3) is 5.65 Å². The standard InChI is InChI=1S/C11H14N4S/c1-2-7-15-10(5-1)13-14-11(15)16-8-9-4-3-6-12-9/h1-2,5,7,9,12H,3-4,6,8H2/t9-/m1/s1. The Kier molecular flexibility index (Phi) is 2.80. The molecule has 0 saturated carbocycles. The molecule has 1 fully saturated rings. The summed E-state index contributed by atoms with van der Waals surface area (Å²) in [5.74, 6) is 1.08. The minimum Gasteiger partial charge on any atom is -0.313 e. The van der Waals surface area contributed by atoms with Gasteiger partial charge in [-0.3, -0.25) is 4.40 Å². The number of hydrogen-bond donors (Lipinski definition) is 1. The van der Waals surface area contributed by atoms with Crippen LogP contribution < -0.4 is 5.32 Å². The molecule has 0 radical (unpaired) electrons. The number of rotatable bonds is 3. The van der Waals surface area contributed by atoms with E-state index in [1.54, 1.807) is 11.8 Å². The van der Waals surface area contributed by atoms with Gasteiger partial charge < -0.3 is 5.32 Å². The topological polar surface area (TPSA) is 42.2 Å². The number of thioether (sulfide) groups is 1. The second-order valence-corrected chi connectivity index (χ2v) is 5.00. The minimum absolute atomic E-state index is 0.640. The van der Waals surface area contributed by atoms with Crippen molar-refractivity contribution in [2.45, 2.75) is 24.0 Å². The fourth-order valence-electron chi connectivity index (χ4n) is 1.99. The highest BCUT2D eigenvalue weighted by Gasteiger charge is 2.15. The summed E-state index contributed by atoms with van der Waals surface area (Å²) in [6.07, 6.45) is 4.59. The number of aromatic nitrogens is 3. The lowest BCUT2D eigenvalue weighted by Gasteiger charge is -2.07. The van der Waals surface area contributed by atoms with Crippen molar-refractivity contribution in [2.24, 2.45) is 0 Å². The molecule has 0 aromatic carbocycles. The van der Waals surface area contributed by atoms with E-state index in [-0.39, 0.29) is 0 Å². The van der Waals surface area contributed by atoms with E-state index in [1.165, 1.54) is 12.8 Å². The van der Waals surface area contributed by atoms with Gasteiger partial charge in [-0.1, -0.05) is 17.8 Å². The first-order valence-corrected chi connectivity index (χ1v) is 6.58. The lowest BCUT2D eigenvalue weighted by molar-refractivity contribution is 0.672. The van der Waals surface area contributed by atoms with Crippen LogP contribution in [-0.2, 0) is 0 Å². The molecule has 1 aliphatic rings. The van der Waals surface area contributed by atoms with Crippen LogP contribution in [0, 0.1) is 0 Å². The smallest absolute Gasteiger partial charge is 0.195 e. The van der Waals surface area contributed by atoms with E-state index in [0.717, 1.165) is 23.1 Å². The molecule has 16 heavy (non-hydrogen) atoms. The summed E-state index contributed by atoms with van der Waals surface area (Å²) in [4.78, 5) is 0. The summed E-state index contributed by atoms with van der Waals surface area (Å²) >= 11 is 1.78. The van der Waals surface area contributed by atoms with Crippen LogP contribution in [0.2, 0.25) is 0 Å². The molecule has 0 bridgehead atoms. The van der Waals surface area contributed by atoms with Gasteiger partial charge in [0.05, 0.1) is 0 Å². The van der Waals surface area contributed by atoms with Crippen LogP contribution in [0.1, 0.15) is 12.8 Å². The van der Waals surface area contributed by atoms with E-state index >= 15 is 0 Å². The highest BCUT2D eigenvalue weighted by atomic mass is 32.2. The molecule has 2 aromatic heterocycles. The van der Waals surface area contributed by atoms with Gasteiger partial charge in [-0.15, -0.1) is 10.2 Å². The maximum Gasteiger partial charge on any atom is 0.195 e. The van der Waals surface area contributed by atoms with Gasteiger partial charge in [-0.2, -0.15) is 0 Å². The van der Waals surface area contributed by atoms with Crippen molar-refractivity contribution in [3.05, 3.63) is 24.4 Å². The lowest BCUT2D eigenvalue weighted by Crippen LogP contribution is -2.23. The van der Waals surface area contributed by atoms with Gasteiger partial charge in [0.1, 0.15) is 0 Å². The molecule has 0 unspecified atom stereocenters. The van der Waals surface area contributed by atoms with Crippen LogP contribution in [-0.4, -0.2) is 32.9 Å². The molecule has 2 aromatic rings. The fourth-order valence-corrected chi connectivity index (χ4v) is 3.02. The normalized spacial score (nSPS) is 20.6. The van der Waals surface area contributed by atoms with Crippen molar-refractivity contribution >= 4 is 17.4 Å². The zero-order valence-electron chi connectivity index (χ0n) is 8.97. The van der Waals surface area contributed by atoms with Crippen LogP contribution in [0.3, 0.4) is 0 Å². The molecule has 5 heteroatoms. The van der Waals surface area contributed by atoms with E-state index in [1.807, 2.05) is 28.8 Å². The van der Waals surface area contributed by atoms with E-state index in [4.69, 9.17) is 0 Å². The summed E-state index contributed by atoms with van der Waals surface area (Å²) in [6, 6.07) is 6.61. The van der Waals surface area contributed by atoms with Crippen LogP contribution in [0.15, 0.2) is 29.6 Å². The number of nitrogens with one attached hydrogen (secondary N) is 1. The van der Waals surface area contributed by atoms with E-state index in [2.05, 4.69) is 15.5 Å². The van der Waals surface area contributed by atoms with Crippen LogP contribution in [0.5, 0.6) is 0 Å². The molecular formula is C11H14N4S. The van der Waals surface area contributed by atoms with Gasteiger partial charge >= 0.3 is 0 Å². The minimum atomic E-state index is 0.640. The average molecular weight is 234 g/mol. The van der Waals surface area contributed by atoms with Gasteiger partial charge in [0.2, 0.25) is 0 Å². The van der Waals surface area contributed by atoms with Gasteiger partial charge in [-0.25, -0.2) is 0 Å². The molecule has 3 rings (SSSR count). The summed E-state index contributed by atoms with van der Waals surface area (Å²) in [7, 11) is 0. The summed E-state index contributed by atoms with van der Waals surface area (Å²) in [5, 5.41) is 12.8. The Morgan fingerprint density at radius 1 is 1.44 bits per heavy atom. The van der Waals surface area contributed by atoms with Crippen molar-refractivity contribution in [1.29, 1.82) is 0 Å². The molecule has 1 N–H and O–H groups in total. The number of fused-ring (bicyclic) bond motifs is 1. The molecule has 0 amide bonds. The quantitative estimate of drug-likeness (QED) is 0.819. The molecule has 0 aliphatic carbocycles. The molecule has 1 saturated heterocycles. The third-order valence-corrected chi connectivity index (χ3v) is 3.96. The van der Waals surface area contributed by atoms with Gasteiger partial charge in [-0.05, 0) is 31.5 Å². The van der Waals surface area contributed by atoms with E-state index in [9.17, 15) is 0 Å². The Morgan fingerprint density at radius 2 is 2.44 bits per heavy atom. The second-order valence-electron chi connectivity index (χ2n) is 4.02. The molecular weight excluding hydrogens is 220 g/mol. The zero-order valence-corrected chi connectivity index (χ0v) is 9.78. The maximum absolute atomic E-state index is 4.20. The van der Waals surface area contributed by atoms with Gasteiger partial charge in [0, 0.05) is 18.0 Å². The highest BCUT2D eigenvalue weighted by molar-refractivity contribution is 7.99. The first-order valence-electron chi connectivity index (χ1n) is 5.59. The summed E-state index contributed by atoms with van der Waals surface area (Å²) in [6.45, 7) is 1.16. The maximum atomic E-state index is 4.20. The summed E-state index contributed by atoms with van der Waals surface area (Å²) < 4.78 is 2.04. The molecule has 4 nitrogen and oxygen atoms in total. The Balaban J connectivity index is 1.73. The predicted molar refractivity (Wildman–Crippen MR) is 64.7 cm³/mol.